The number of halogens is 1. The summed E-state index contributed by atoms with van der Waals surface area (Å²) in [6, 6.07) is 3.58. The molecule has 0 saturated carbocycles. The monoisotopic (exact) mass is 286 g/mol. The molecule has 0 spiro atoms. The van der Waals surface area contributed by atoms with Gasteiger partial charge in [-0.3, -0.25) is 14.9 Å². The topological polar surface area (TPSA) is 92.5 Å². The zero-order chi connectivity index (χ0) is 14.6. The lowest BCUT2D eigenvalue weighted by Gasteiger charge is -2.15. The Morgan fingerprint density at radius 2 is 2.16 bits per heavy atom. The van der Waals surface area contributed by atoms with E-state index >= 15 is 0 Å². The van der Waals surface area contributed by atoms with Crippen molar-refractivity contribution in [2.45, 2.75) is 32.4 Å². The molecule has 0 aliphatic rings. The molecule has 0 bridgehead atoms. The third kappa shape index (κ3) is 4.50. The Morgan fingerprint density at radius 3 is 2.63 bits per heavy atom. The highest BCUT2D eigenvalue weighted by molar-refractivity contribution is 6.33. The number of hydrogen-bond acceptors (Lipinski definition) is 4. The van der Waals surface area contributed by atoms with Crippen molar-refractivity contribution in [3.63, 3.8) is 0 Å². The average Bonchev–Trinajstić information content (AvgIpc) is 2.26. The van der Waals surface area contributed by atoms with Gasteiger partial charge in [0, 0.05) is 17.7 Å². The highest BCUT2D eigenvalue weighted by atomic mass is 35.5. The maximum Gasteiger partial charge on any atom is 0.287 e. The Hall–Kier alpha value is -1.66. The van der Waals surface area contributed by atoms with Gasteiger partial charge in [0.1, 0.15) is 5.02 Å². The van der Waals surface area contributed by atoms with Crippen LogP contribution in [0.25, 0.3) is 0 Å². The minimum Gasteiger partial charge on any atom is -0.393 e. The average molecular weight is 287 g/mol. The fourth-order valence-corrected chi connectivity index (χ4v) is 1.92. The molecular weight excluding hydrogens is 272 g/mol. The van der Waals surface area contributed by atoms with Crippen LogP contribution in [0.5, 0.6) is 0 Å². The quantitative estimate of drug-likeness (QED) is 0.640. The maximum atomic E-state index is 11.8. The van der Waals surface area contributed by atoms with Crippen molar-refractivity contribution in [1.82, 2.24) is 5.32 Å². The molecule has 2 atom stereocenters. The summed E-state index contributed by atoms with van der Waals surface area (Å²) in [5.74, 6) is -0.384. The van der Waals surface area contributed by atoms with Gasteiger partial charge in [0.05, 0.1) is 11.0 Å². The van der Waals surface area contributed by atoms with E-state index in [0.29, 0.717) is 6.42 Å². The third-order valence-corrected chi connectivity index (χ3v) is 2.78. The van der Waals surface area contributed by atoms with Crippen molar-refractivity contribution < 1.29 is 14.8 Å². The van der Waals surface area contributed by atoms with Crippen molar-refractivity contribution in [3.8, 4) is 0 Å². The molecule has 104 valence electrons. The highest BCUT2D eigenvalue weighted by Gasteiger charge is 2.16. The minimum absolute atomic E-state index is 0.0826. The van der Waals surface area contributed by atoms with Crippen molar-refractivity contribution in [2.24, 2.45) is 0 Å². The van der Waals surface area contributed by atoms with E-state index < -0.39 is 11.0 Å². The number of aliphatic hydroxyl groups is 1. The number of amides is 1. The second-order valence-corrected chi connectivity index (χ2v) is 4.79. The van der Waals surface area contributed by atoms with E-state index in [4.69, 9.17) is 11.6 Å². The van der Waals surface area contributed by atoms with Gasteiger partial charge in [0.25, 0.3) is 11.6 Å². The Balaban J connectivity index is 2.78. The molecule has 0 aliphatic carbocycles. The first-order chi connectivity index (χ1) is 8.81. The van der Waals surface area contributed by atoms with Crippen molar-refractivity contribution in [1.29, 1.82) is 0 Å². The SMILES string of the molecule is CC(O)CC(C)NC(=O)c1ccc([N+](=O)[O-])c(Cl)c1. The first-order valence-electron chi connectivity index (χ1n) is 5.74. The van der Waals surface area contributed by atoms with E-state index in [9.17, 15) is 20.0 Å². The van der Waals surface area contributed by atoms with Gasteiger partial charge in [-0.1, -0.05) is 11.6 Å². The van der Waals surface area contributed by atoms with E-state index in [2.05, 4.69) is 5.32 Å². The molecule has 1 aromatic carbocycles. The van der Waals surface area contributed by atoms with E-state index in [-0.39, 0.29) is 28.2 Å². The second-order valence-electron chi connectivity index (χ2n) is 4.38. The maximum absolute atomic E-state index is 11.8. The molecule has 0 heterocycles. The summed E-state index contributed by atoms with van der Waals surface area (Å²) < 4.78 is 0. The van der Waals surface area contributed by atoms with E-state index in [1.54, 1.807) is 13.8 Å². The van der Waals surface area contributed by atoms with Crippen LogP contribution in [0, 0.1) is 10.1 Å². The number of carbonyl (C=O) groups excluding carboxylic acids is 1. The summed E-state index contributed by atoms with van der Waals surface area (Å²) in [5, 5.41) is 22.4. The lowest BCUT2D eigenvalue weighted by molar-refractivity contribution is -0.384. The number of nitro groups is 1. The fraction of sp³-hybridized carbons (Fsp3) is 0.417. The molecule has 19 heavy (non-hydrogen) atoms. The first-order valence-corrected chi connectivity index (χ1v) is 6.12. The number of nitro benzene ring substituents is 1. The minimum atomic E-state index is -0.611. The van der Waals surface area contributed by atoms with Gasteiger partial charge in [-0.15, -0.1) is 0 Å². The number of carbonyl (C=O) groups is 1. The number of rotatable bonds is 5. The Morgan fingerprint density at radius 1 is 1.53 bits per heavy atom. The van der Waals surface area contributed by atoms with Crippen LogP contribution >= 0.6 is 11.6 Å². The molecular formula is C12H15ClN2O4. The summed E-state index contributed by atoms with van der Waals surface area (Å²) in [4.78, 5) is 21.8. The van der Waals surface area contributed by atoms with Crippen LogP contribution in [0.2, 0.25) is 5.02 Å². The molecule has 0 radical (unpaired) electrons. The normalized spacial score (nSPS) is 13.7. The second kappa shape index (κ2) is 6.49. The van der Waals surface area contributed by atoms with Gasteiger partial charge in [-0.05, 0) is 32.4 Å². The zero-order valence-corrected chi connectivity index (χ0v) is 11.3. The summed E-state index contributed by atoms with van der Waals surface area (Å²) >= 11 is 5.73. The highest BCUT2D eigenvalue weighted by Crippen LogP contribution is 2.24. The molecule has 2 N–H and O–H groups in total. The van der Waals surface area contributed by atoms with Crippen molar-refractivity contribution in [3.05, 3.63) is 38.9 Å². The van der Waals surface area contributed by atoms with Gasteiger partial charge in [0.15, 0.2) is 0 Å². The predicted octanol–water partition coefficient (Wildman–Crippen LogP) is 2.14. The van der Waals surface area contributed by atoms with Crippen LogP contribution in [0.3, 0.4) is 0 Å². The largest absolute Gasteiger partial charge is 0.393 e. The predicted molar refractivity (Wildman–Crippen MR) is 71.3 cm³/mol. The van der Waals surface area contributed by atoms with Gasteiger partial charge in [0.2, 0.25) is 0 Å². The zero-order valence-electron chi connectivity index (χ0n) is 10.6. The number of hydrogen-bond donors (Lipinski definition) is 2. The van der Waals surface area contributed by atoms with E-state index in [1.165, 1.54) is 18.2 Å². The molecule has 7 heteroatoms. The lowest BCUT2D eigenvalue weighted by atomic mass is 10.1. The molecule has 6 nitrogen and oxygen atoms in total. The number of nitrogens with one attached hydrogen (secondary N) is 1. The molecule has 0 aromatic heterocycles. The Bertz CT molecular complexity index is 491. The van der Waals surface area contributed by atoms with Gasteiger partial charge >= 0.3 is 0 Å². The molecule has 0 saturated heterocycles. The van der Waals surface area contributed by atoms with Crippen molar-refractivity contribution >= 4 is 23.2 Å². The standard InChI is InChI=1S/C12H15ClN2O4/c1-7(5-8(2)16)14-12(17)9-3-4-11(15(18)19)10(13)6-9/h3-4,6-8,16H,5H2,1-2H3,(H,14,17). The van der Waals surface area contributed by atoms with Gasteiger partial charge in [-0.2, -0.15) is 0 Å². The van der Waals surface area contributed by atoms with E-state index in [1.807, 2.05) is 0 Å². The lowest BCUT2D eigenvalue weighted by Crippen LogP contribution is -2.34. The van der Waals surface area contributed by atoms with Gasteiger partial charge in [-0.25, -0.2) is 0 Å². The molecule has 2 unspecified atom stereocenters. The number of aliphatic hydroxyl groups excluding tert-OH is 1. The summed E-state index contributed by atoms with van der Waals surface area (Å²) in [7, 11) is 0. The Labute approximate surface area is 115 Å². The van der Waals surface area contributed by atoms with E-state index in [0.717, 1.165) is 0 Å². The molecule has 1 rings (SSSR count). The van der Waals surface area contributed by atoms with Crippen molar-refractivity contribution in [2.75, 3.05) is 0 Å². The summed E-state index contributed by atoms with van der Waals surface area (Å²) in [6.07, 6.45) is -0.0948. The van der Waals surface area contributed by atoms with Gasteiger partial charge < -0.3 is 10.4 Å². The summed E-state index contributed by atoms with van der Waals surface area (Å²) in [6.45, 7) is 3.39. The van der Waals surface area contributed by atoms with Crippen LogP contribution in [0.15, 0.2) is 18.2 Å². The number of benzene rings is 1. The van der Waals surface area contributed by atoms with Crippen LogP contribution < -0.4 is 5.32 Å². The fourth-order valence-electron chi connectivity index (χ4n) is 1.67. The smallest absolute Gasteiger partial charge is 0.287 e. The molecule has 1 amide bonds. The first kappa shape index (κ1) is 15.4. The number of nitrogens with zero attached hydrogens (tertiary/aromatic N) is 1. The molecule has 0 aliphatic heterocycles. The van der Waals surface area contributed by atoms with Crippen LogP contribution in [0.1, 0.15) is 30.6 Å². The van der Waals surface area contributed by atoms with Crippen LogP contribution in [0.4, 0.5) is 5.69 Å². The molecule has 0 fully saturated rings. The van der Waals surface area contributed by atoms with Crippen LogP contribution in [-0.4, -0.2) is 28.1 Å². The molecule has 1 aromatic rings. The third-order valence-electron chi connectivity index (χ3n) is 2.48. The Kier molecular flexibility index (Phi) is 5.26. The summed E-state index contributed by atoms with van der Waals surface area (Å²) in [5.41, 5.74) is 0.00304. The van der Waals surface area contributed by atoms with Crippen LogP contribution in [-0.2, 0) is 0 Å².